The van der Waals surface area contributed by atoms with E-state index in [1.807, 2.05) is 13.8 Å². The molecule has 4 aromatic rings. The molecule has 0 aliphatic heterocycles. The second-order valence-electron chi connectivity index (χ2n) is 7.37. The van der Waals surface area contributed by atoms with E-state index in [0.717, 1.165) is 6.07 Å². The molecule has 0 saturated carbocycles. The third-order valence-electron chi connectivity index (χ3n) is 5.30. The van der Waals surface area contributed by atoms with Gasteiger partial charge in [-0.15, -0.1) is 11.3 Å². The topological polar surface area (TPSA) is 121 Å². The maximum absolute atomic E-state index is 13.7. The number of nitrogens with two attached hydrogens (primary N) is 1. The molecule has 0 radical (unpaired) electrons. The van der Waals surface area contributed by atoms with E-state index < -0.39 is 23.7 Å². The molecule has 34 heavy (non-hydrogen) atoms. The summed E-state index contributed by atoms with van der Waals surface area (Å²) in [4.78, 5) is 28.6. The van der Waals surface area contributed by atoms with E-state index >= 15 is 0 Å². The molecule has 0 aliphatic carbocycles. The first-order valence-electron chi connectivity index (χ1n) is 10.3. The van der Waals surface area contributed by atoms with Crippen molar-refractivity contribution in [2.24, 2.45) is 5.73 Å². The van der Waals surface area contributed by atoms with E-state index in [2.05, 4.69) is 20.5 Å². The number of amides is 2. The fourth-order valence-corrected chi connectivity index (χ4v) is 4.62. The van der Waals surface area contributed by atoms with Crippen molar-refractivity contribution in [3.8, 4) is 11.1 Å². The van der Waals surface area contributed by atoms with Crippen molar-refractivity contribution in [2.45, 2.75) is 40.0 Å². The number of rotatable bonds is 6. The predicted octanol–water partition coefficient (Wildman–Crippen LogP) is 4.07. The monoisotopic (exact) mass is 491 g/mol. The molecule has 4 rings (SSSR count). The molecule has 4 aromatic heterocycles. The van der Waals surface area contributed by atoms with Crippen LogP contribution in [0.3, 0.4) is 0 Å². The van der Waals surface area contributed by atoms with Crippen LogP contribution in [0.4, 0.5) is 18.9 Å². The highest BCUT2D eigenvalue weighted by molar-refractivity contribution is 7.21. The van der Waals surface area contributed by atoms with Gasteiger partial charge in [-0.2, -0.15) is 23.4 Å². The fraction of sp³-hybridized carbons (Fsp3) is 0.286. The highest BCUT2D eigenvalue weighted by atomic mass is 32.1. The first kappa shape index (κ1) is 23.4. The lowest BCUT2D eigenvalue weighted by atomic mass is 10.0. The van der Waals surface area contributed by atoms with Crippen LogP contribution in [-0.2, 0) is 19.3 Å². The van der Waals surface area contributed by atoms with Gasteiger partial charge in [0.25, 0.3) is 11.8 Å². The van der Waals surface area contributed by atoms with Crippen molar-refractivity contribution in [1.29, 1.82) is 0 Å². The van der Waals surface area contributed by atoms with E-state index in [-0.39, 0.29) is 32.0 Å². The van der Waals surface area contributed by atoms with Crippen LogP contribution in [0.15, 0.2) is 24.5 Å². The molecule has 4 heterocycles. The number of hydrogen-bond donors (Lipinski definition) is 2. The van der Waals surface area contributed by atoms with E-state index in [0.29, 0.717) is 35.7 Å². The van der Waals surface area contributed by atoms with Gasteiger partial charge in [-0.3, -0.25) is 19.0 Å². The minimum absolute atomic E-state index is 0.0107. The van der Waals surface area contributed by atoms with Crippen LogP contribution in [0.25, 0.3) is 21.3 Å². The maximum atomic E-state index is 13.7. The first-order valence-corrected chi connectivity index (χ1v) is 11.1. The largest absolute Gasteiger partial charge is 0.433 e. The number of primary amides is 1. The van der Waals surface area contributed by atoms with E-state index in [1.165, 1.54) is 12.3 Å². The number of halogens is 3. The van der Waals surface area contributed by atoms with Crippen LogP contribution in [0.5, 0.6) is 0 Å². The van der Waals surface area contributed by atoms with Crippen molar-refractivity contribution >= 4 is 39.1 Å². The standard InChI is InChI=1S/C21H20F3N7O2S/c1-4-30-7-6-13(29-30)19(33)28-16-15-11(12-9-26-31(5-2)10(12)3)8-14(21(22,23)24)27-20(15)34-17(16)18(25)32/h6-9H,4-5H2,1-3H3,(H2,25,32)(H,28,33). The van der Waals surface area contributed by atoms with Crippen LogP contribution in [-0.4, -0.2) is 36.4 Å². The molecule has 178 valence electrons. The Morgan fingerprint density at radius 3 is 2.50 bits per heavy atom. The number of hydrogen-bond acceptors (Lipinski definition) is 6. The minimum Gasteiger partial charge on any atom is -0.365 e. The number of aromatic nitrogens is 5. The Kier molecular flexibility index (Phi) is 5.89. The first-order chi connectivity index (χ1) is 16.0. The van der Waals surface area contributed by atoms with E-state index in [4.69, 9.17) is 5.73 Å². The summed E-state index contributed by atoms with van der Waals surface area (Å²) in [6.45, 7) is 6.47. The number of aryl methyl sites for hydroxylation is 2. The average Bonchev–Trinajstić information content (AvgIpc) is 3.49. The van der Waals surface area contributed by atoms with Gasteiger partial charge in [0.15, 0.2) is 5.69 Å². The van der Waals surface area contributed by atoms with Gasteiger partial charge in [0, 0.05) is 35.9 Å². The maximum Gasteiger partial charge on any atom is 0.433 e. The fourth-order valence-electron chi connectivity index (χ4n) is 3.61. The van der Waals surface area contributed by atoms with Gasteiger partial charge in [-0.05, 0) is 38.5 Å². The average molecular weight is 491 g/mol. The number of fused-ring (bicyclic) bond motifs is 1. The third-order valence-corrected chi connectivity index (χ3v) is 6.40. The number of carbonyl (C=O) groups excluding carboxylic acids is 2. The van der Waals surface area contributed by atoms with Crippen molar-refractivity contribution in [2.75, 3.05) is 5.32 Å². The molecule has 13 heteroatoms. The molecule has 0 bridgehead atoms. The van der Waals surface area contributed by atoms with Gasteiger partial charge < -0.3 is 11.1 Å². The zero-order chi connectivity index (χ0) is 24.8. The Hall–Kier alpha value is -3.74. The lowest BCUT2D eigenvalue weighted by Crippen LogP contribution is -2.17. The van der Waals surface area contributed by atoms with Crippen molar-refractivity contribution in [1.82, 2.24) is 24.5 Å². The van der Waals surface area contributed by atoms with Gasteiger partial charge in [0.2, 0.25) is 0 Å². The highest BCUT2D eigenvalue weighted by Crippen LogP contribution is 2.44. The van der Waals surface area contributed by atoms with Crippen LogP contribution in [0, 0.1) is 6.92 Å². The molecule has 0 aromatic carbocycles. The number of pyridine rings is 1. The number of nitrogens with one attached hydrogen (secondary N) is 1. The predicted molar refractivity (Wildman–Crippen MR) is 121 cm³/mol. The summed E-state index contributed by atoms with van der Waals surface area (Å²) in [5.74, 6) is -1.54. The number of thiophene rings is 1. The van der Waals surface area contributed by atoms with Crippen molar-refractivity contribution < 1.29 is 22.8 Å². The summed E-state index contributed by atoms with van der Waals surface area (Å²) < 4.78 is 44.2. The van der Waals surface area contributed by atoms with Crippen LogP contribution in [0.2, 0.25) is 0 Å². The summed E-state index contributed by atoms with van der Waals surface area (Å²) in [7, 11) is 0. The molecule has 3 N–H and O–H groups in total. The lowest BCUT2D eigenvalue weighted by Gasteiger charge is -2.12. The molecule has 0 unspecified atom stereocenters. The summed E-state index contributed by atoms with van der Waals surface area (Å²) in [6, 6.07) is 2.39. The number of carbonyl (C=O) groups is 2. The van der Waals surface area contributed by atoms with Gasteiger partial charge in [-0.25, -0.2) is 4.98 Å². The third kappa shape index (κ3) is 4.02. The second kappa shape index (κ2) is 8.56. The molecule has 2 amide bonds. The molecule has 0 spiro atoms. The highest BCUT2D eigenvalue weighted by Gasteiger charge is 2.35. The Labute approximate surface area is 195 Å². The minimum atomic E-state index is -4.73. The van der Waals surface area contributed by atoms with Crippen LogP contribution >= 0.6 is 11.3 Å². The van der Waals surface area contributed by atoms with Gasteiger partial charge in [-0.1, -0.05) is 0 Å². The van der Waals surface area contributed by atoms with Crippen molar-refractivity contribution in [3.63, 3.8) is 0 Å². The number of alkyl halides is 3. The second-order valence-corrected chi connectivity index (χ2v) is 8.37. The smallest absolute Gasteiger partial charge is 0.365 e. The van der Waals surface area contributed by atoms with Gasteiger partial charge in [0.05, 0.1) is 11.9 Å². The van der Waals surface area contributed by atoms with E-state index in [9.17, 15) is 22.8 Å². The van der Waals surface area contributed by atoms with E-state index in [1.54, 1.807) is 22.5 Å². The zero-order valence-electron chi connectivity index (χ0n) is 18.4. The summed E-state index contributed by atoms with van der Waals surface area (Å²) >= 11 is 0.683. The Bertz CT molecular complexity index is 1420. The molecule has 0 aliphatic rings. The van der Waals surface area contributed by atoms with Crippen molar-refractivity contribution in [3.05, 3.63) is 46.5 Å². The number of nitrogens with zero attached hydrogens (tertiary/aromatic N) is 5. The normalized spacial score (nSPS) is 11.8. The SMILES string of the molecule is CCn1ccc(C(=O)Nc2c(C(N)=O)sc3nc(C(F)(F)F)cc(-c4cnn(CC)c4C)c23)n1. The molecule has 0 fully saturated rings. The Morgan fingerprint density at radius 1 is 1.21 bits per heavy atom. The van der Waals surface area contributed by atoms with Crippen LogP contribution in [0.1, 0.15) is 45.4 Å². The van der Waals surface area contributed by atoms with Gasteiger partial charge in [0.1, 0.15) is 15.4 Å². The molecule has 0 atom stereocenters. The van der Waals surface area contributed by atoms with Gasteiger partial charge >= 0.3 is 6.18 Å². The molecular formula is C21H20F3N7O2S. The lowest BCUT2D eigenvalue weighted by molar-refractivity contribution is -0.140. The zero-order valence-corrected chi connectivity index (χ0v) is 19.2. The number of anilines is 1. The Balaban J connectivity index is 1.98. The summed E-state index contributed by atoms with van der Waals surface area (Å²) in [5.41, 5.74) is 5.63. The molecule has 0 saturated heterocycles. The quantitative estimate of drug-likeness (QED) is 0.421. The molecule has 9 nitrogen and oxygen atoms in total. The Morgan fingerprint density at radius 2 is 1.94 bits per heavy atom. The van der Waals surface area contributed by atoms with Crippen LogP contribution < -0.4 is 11.1 Å². The molecular weight excluding hydrogens is 471 g/mol. The summed E-state index contributed by atoms with van der Waals surface area (Å²) in [5, 5.41) is 11.2. The summed E-state index contributed by atoms with van der Waals surface area (Å²) in [6.07, 6.45) is -1.67.